The van der Waals surface area contributed by atoms with Crippen LogP contribution in [0.3, 0.4) is 0 Å². The lowest BCUT2D eigenvalue weighted by Gasteiger charge is -2.11. The first-order chi connectivity index (χ1) is 10.9. The predicted molar refractivity (Wildman–Crippen MR) is 86.0 cm³/mol. The van der Waals surface area contributed by atoms with Gasteiger partial charge in [0.05, 0.1) is 18.2 Å². The molecule has 23 heavy (non-hydrogen) atoms. The Morgan fingerprint density at radius 2 is 2.04 bits per heavy atom. The van der Waals surface area contributed by atoms with E-state index in [1.807, 2.05) is 10.6 Å². The second-order valence-electron chi connectivity index (χ2n) is 5.81. The van der Waals surface area contributed by atoms with Gasteiger partial charge in [0.25, 0.3) is 0 Å². The molecule has 6 heteroatoms. The Labute approximate surface area is 135 Å². The van der Waals surface area contributed by atoms with Crippen LogP contribution in [-0.2, 0) is 27.4 Å². The molecule has 6 nitrogen and oxygen atoms in total. The van der Waals surface area contributed by atoms with E-state index in [-0.39, 0.29) is 12.6 Å². The molecule has 0 amide bonds. The molecule has 1 aromatic carbocycles. The number of hydrogen-bond donors (Lipinski definition) is 0. The van der Waals surface area contributed by atoms with Gasteiger partial charge in [0, 0.05) is 13.5 Å². The van der Waals surface area contributed by atoms with Gasteiger partial charge in [0.2, 0.25) is 0 Å². The van der Waals surface area contributed by atoms with Crippen LogP contribution in [0.4, 0.5) is 0 Å². The van der Waals surface area contributed by atoms with E-state index < -0.39 is 5.97 Å². The summed E-state index contributed by atoms with van der Waals surface area (Å²) in [7, 11) is 1.34. The third-order valence-electron chi connectivity index (χ3n) is 3.60. The zero-order valence-electron chi connectivity index (χ0n) is 14.0. The molecule has 2 aromatic rings. The number of aromatic nitrogens is 2. The topological polar surface area (TPSA) is 70.4 Å². The quantitative estimate of drug-likeness (QED) is 0.766. The van der Waals surface area contributed by atoms with Gasteiger partial charge in [-0.05, 0) is 24.5 Å². The second kappa shape index (κ2) is 7.26. The Balaban J connectivity index is 2.50. The van der Waals surface area contributed by atoms with Crippen LogP contribution < -0.4 is 0 Å². The number of carbonyl (C=O) groups is 2. The molecule has 0 aliphatic carbocycles. The van der Waals surface area contributed by atoms with Crippen molar-refractivity contribution < 1.29 is 19.1 Å². The number of nitrogens with zero attached hydrogens (tertiary/aromatic N) is 2. The number of aryl methyl sites for hydroxylation is 1. The third kappa shape index (κ3) is 3.88. The normalized spacial score (nSPS) is 11.0. The highest BCUT2D eigenvalue weighted by Crippen LogP contribution is 2.22. The summed E-state index contributed by atoms with van der Waals surface area (Å²) in [4.78, 5) is 27.5. The lowest BCUT2D eigenvalue weighted by Crippen LogP contribution is -2.09. The molecule has 0 fully saturated rings. The molecule has 2 rings (SSSR count). The smallest absolute Gasteiger partial charge is 0.340 e. The number of imidazole rings is 1. The molecule has 0 atom stereocenters. The van der Waals surface area contributed by atoms with Crippen molar-refractivity contribution >= 4 is 23.0 Å². The summed E-state index contributed by atoms with van der Waals surface area (Å²) in [6, 6.07) is 5.40. The van der Waals surface area contributed by atoms with E-state index >= 15 is 0 Å². The Kier molecular flexibility index (Phi) is 5.36. The number of fused-ring (bicyclic) bond motifs is 1. The molecule has 0 N–H and O–H groups in total. The third-order valence-corrected chi connectivity index (χ3v) is 3.60. The lowest BCUT2D eigenvalue weighted by atomic mass is 10.1. The summed E-state index contributed by atoms with van der Waals surface area (Å²) in [6.07, 6.45) is 0.959. The van der Waals surface area contributed by atoms with Crippen LogP contribution in [0, 0.1) is 5.92 Å². The van der Waals surface area contributed by atoms with Crippen molar-refractivity contribution in [3.8, 4) is 0 Å². The Morgan fingerprint density at radius 1 is 1.30 bits per heavy atom. The van der Waals surface area contributed by atoms with Crippen LogP contribution in [0.15, 0.2) is 18.2 Å². The zero-order valence-corrected chi connectivity index (χ0v) is 14.0. The minimum absolute atomic E-state index is 0.0860. The number of benzene rings is 1. The standard InChI is InChI=1S/C17H22N2O4/c1-11(2)8-9-19-14-7-5-6-13(17(21)22-4)16(14)18-15(19)10-23-12(3)20/h5-7,11H,8-10H2,1-4H3. The summed E-state index contributed by atoms with van der Waals surface area (Å²) in [5.41, 5.74) is 1.83. The number of carbonyl (C=O) groups excluding carboxylic acids is 2. The number of ether oxygens (including phenoxy) is 2. The van der Waals surface area contributed by atoms with Crippen LogP contribution in [0.1, 0.15) is 43.4 Å². The van der Waals surface area contributed by atoms with Crippen molar-refractivity contribution in [2.24, 2.45) is 5.92 Å². The Morgan fingerprint density at radius 3 is 2.65 bits per heavy atom. The first kappa shape index (κ1) is 17.0. The molecular weight excluding hydrogens is 296 g/mol. The Hall–Kier alpha value is -2.37. The SMILES string of the molecule is COC(=O)c1cccc2c1nc(COC(C)=O)n2CCC(C)C. The highest BCUT2D eigenvalue weighted by atomic mass is 16.5. The predicted octanol–water partition coefficient (Wildman–Crippen LogP) is 2.93. The minimum atomic E-state index is -0.428. The lowest BCUT2D eigenvalue weighted by molar-refractivity contribution is -0.142. The van der Waals surface area contributed by atoms with E-state index in [9.17, 15) is 9.59 Å². The molecule has 0 spiro atoms. The molecule has 1 heterocycles. The summed E-state index contributed by atoms with van der Waals surface area (Å²) < 4.78 is 11.9. The fraction of sp³-hybridized carbons (Fsp3) is 0.471. The van der Waals surface area contributed by atoms with Crippen molar-refractivity contribution in [2.45, 2.75) is 40.3 Å². The summed E-state index contributed by atoms with van der Waals surface area (Å²) in [6.45, 7) is 6.48. The van der Waals surface area contributed by atoms with Gasteiger partial charge in [-0.25, -0.2) is 9.78 Å². The van der Waals surface area contributed by atoms with Gasteiger partial charge in [-0.2, -0.15) is 0 Å². The minimum Gasteiger partial charge on any atom is -0.465 e. The molecule has 0 aliphatic rings. The van der Waals surface area contributed by atoms with E-state index in [0.29, 0.717) is 22.8 Å². The highest BCUT2D eigenvalue weighted by molar-refractivity contribution is 6.02. The van der Waals surface area contributed by atoms with Crippen LogP contribution in [0.5, 0.6) is 0 Å². The Bertz CT molecular complexity index is 719. The average molecular weight is 318 g/mol. The summed E-state index contributed by atoms with van der Waals surface area (Å²) in [5.74, 6) is 0.369. The largest absolute Gasteiger partial charge is 0.465 e. The van der Waals surface area contributed by atoms with E-state index in [2.05, 4.69) is 18.8 Å². The van der Waals surface area contributed by atoms with Gasteiger partial charge in [-0.3, -0.25) is 4.79 Å². The maximum Gasteiger partial charge on any atom is 0.340 e. The molecule has 0 radical (unpaired) electrons. The number of methoxy groups -OCH3 is 1. The first-order valence-corrected chi connectivity index (χ1v) is 7.63. The molecule has 0 aliphatic heterocycles. The summed E-state index contributed by atoms with van der Waals surface area (Å²) >= 11 is 0. The zero-order chi connectivity index (χ0) is 17.0. The molecule has 0 bridgehead atoms. The molecule has 124 valence electrons. The molecular formula is C17H22N2O4. The van der Waals surface area contributed by atoms with Crippen molar-refractivity contribution in [1.29, 1.82) is 0 Å². The van der Waals surface area contributed by atoms with Gasteiger partial charge < -0.3 is 14.0 Å². The van der Waals surface area contributed by atoms with Crippen LogP contribution in [0.25, 0.3) is 11.0 Å². The van der Waals surface area contributed by atoms with Crippen LogP contribution >= 0.6 is 0 Å². The van der Waals surface area contributed by atoms with Gasteiger partial charge in [0.1, 0.15) is 17.9 Å². The maximum absolute atomic E-state index is 11.9. The molecule has 0 saturated heterocycles. The van der Waals surface area contributed by atoms with Crippen LogP contribution in [-0.4, -0.2) is 28.6 Å². The van der Waals surface area contributed by atoms with E-state index in [4.69, 9.17) is 9.47 Å². The van der Waals surface area contributed by atoms with E-state index in [1.54, 1.807) is 12.1 Å². The first-order valence-electron chi connectivity index (χ1n) is 7.63. The van der Waals surface area contributed by atoms with Gasteiger partial charge in [-0.15, -0.1) is 0 Å². The average Bonchev–Trinajstić information content (AvgIpc) is 2.87. The molecule has 0 unspecified atom stereocenters. The van der Waals surface area contributed by atoms with Crippen molar-refractivity contribution in [1.82, 2.24) is 9.55 Å². The van der Waals surface area contributed by atoms with Crippen LogP contribution in [0.2, 0.25) is 0 Å². The van der Waals surface area contributed by atoms with E-state index in [1.165, 1.54) is 14.0 Å². The molecule has 1 aromatic heterocycles. The highest BCUT2D eigenvalue weighted by Gasteiger charge is 2.18. The van der Waals surface area contributed by atoms with Crippen molar-refractivity contribution in [3.63, 3.8) is 0 Å². The van der Waals surface area contributed by atoms with Gasteiger partial charge >= 0.3 is 11.9 Å². The fourth-order valence-corrected chi connectivity index (χ4v) is 2.38. The number of rotatable bonds is 6. The summed E-state index contributed by atoms with van der Waals surface area (Å²) in [5, 5.41) is 0. The number of para-hydroxylation sites is 1. The molecule has 0 saturated carbocycles. The van der Waals surface area contributed by atoms with Gasteiger partial charge in [-0.1, -0.05) is 19.9 Å². The maximum atomic E-state index is 11.9. The van der Waals surface area contributed by atoms with E-state index in [0.717, 1.165) is 18.5 Å². The van der Waals surface area contributed by atoms with Crippen molar-refractivity contribution in [3.05, 3.63) is 29.6 Å². The monoisotopic (exact) mass is 318 g/mol. The van der Waals surface area contributed by atoms with Crippen molar-refractivity contribution in [2.75, 3.05) is 7.11 Å². The second-order valence-corrected chi connectivity index (χ2v) is 5.81. The van der Waals surface area contributed by atoms with Gasteiger partial charge in [0.15, 0.2) is 0 Å². The number of esters is 2. The number of hydrogen-bond acceptors (Lipinski definition) is 5. The fourth-order valence-electron chi connectivity index (χ4n) is 2.38.